The van der Waals surface area contributed by atoms with Crippen LogP contribution in [0.2, 0.25) is 0 Å². The fourth-order valence-electron chi connectivity index (χ4n) is 3.44. The molecule has 1 aliphatic heterocycles. The molecule has 3 aromatic rings. The molecule has 0 fully saturated rings. The van der Waals surface area contributed by atoms with Crippen LogP contribution >= 0.6 is 0 Å². The van der Waals surface area contributed by atoms with E-state index in [-0.39, 0.29) is 18.1 Å². The summed E-state index contributed by atoms with van der Waals surface area (Å²) in [7, 11) is 0. The highest BCUT2D eigenvalue weighted by atomic mass is 16.6. The molecule has 0 N–H and O–H groups in total. The SMILES string of the molecule is CCOC(=O)C1=C(OC(=O)c2ccccc2)c2ccccc2[C@H](c2ccc(C)cc2)O1. The molecule has 0 spiro atoms. The Morgan fingerprint density at radius 3 is 2.26 bits per heavy atom. The number of carbonyl (C=O) groups excluding carboxylic acids is 2. The maximum Gasteiger partial charge on any atom is 0.377 e. The van der Waals surface area contributed by atoms with Gasteiger partial charge in [0, 0.05) is 11.1 Å². The van der Waals surface area contributed by atoms with E-state index in [4.69, 9.17) is 14.2 Å². The highest BCUT2D eigenvalue weighted by Crippen LogP contribution is 2.41. The van der Waals surface area contributed by atoms with Crippen molar-refractivity contribution in [3.63, 3.8) is 0 Å². The van der Waals surface area contributed by atoms with Gasteiger partial charge in [-0.25, -0.2) is 9.59 Å². The Morgan fingerprint density at radius 1 is 0.871 bits per heavy atom. The smallest absolute Gasteiger partial charge is 0.377 e. The Kier molecular flexibility index (Phi) is 5.85. The molecule has 0 amide bonds. The van der Waals surface area contributed by atoms with Crippen molar-refractivity contribution in [3.05, 3.63) is 112 Å². The number of fused-ring (bicyclic) bond motifs is 1. The molecule has 31 heavy (non-hydrogen) atoms. The lowest BCUT2D eigenvalue weighted by atomic mass is 9.92. The minimum atomic E-state index is -0.676. The lowest BCUT2D eigenvalue weighted by molar-refractivity contribution is -0.143. The highest BCUT2D eigenvalue weighted by Gasteiger charge is 2.35. The van der Waals surface area contributed by atoms with Gasteiger partial charge in [-0.2, -0.15) is 0 Å². The minimum absolute atomic E-state index is 0.0614. The fraction of sp³-hybridized carbons (Fsp3) is 0.154. The van der Waals surface area contributed by atoms with E-state index in [0.717, 1.165) is 16.7 Å². The van der Waals surface area contributed by atoms with Crippen LogP contribution in [0.3, 0.4) is 0 Å². The van der Waals surface area contributed by atoms with Crippen molar-refractivity contribution in [3.8, 4) is 0 Å². The van der Waals surface area contributed by atoms with E-state index in [9.17, 15) is 9.59 Å². The maximum atomic E-state index is 12.8. The van der Waals surface area contributed by atoms with Crippen LogP contribution in [0.4, 0.5) is 0 Å². The van der Waals surface area contributed by atoms with Gasteiger partial charge < -0.3 is 14.2 Å². The van der Waals surface area contributed by atoms with Gasteiger partial charge in [-0.1, -0.05) is 72.3 Å². The van der Waals surface area contributed by atoms with Crippen molar-refractivity contribution in [2.45, 2.75) is 20.0 Å². The zero-order chi connectivity index (χ0) is 21.8. The van der Waals surface area contributed by atoms with Crippen LogP contribution in [0.15, 0.2) is 84.6 Å². The molecule has 0 bridgehead atoms. The molecule has 0 saturated carbocycles. The Hall–Kier alpha value is -3.86. The number of rotatable bonds is 5. The molecule has 1 heterocycles. The maximum absolute atomic E-state index is 12.8. The largest absolute Gasteiger partial charge is 0.471 e. The summed E-state index contributed by atoms with van der Waals surface area (Å²) in [5, 5.41) is 0. The Bertz CT molecular complexity index is 1130. The molecule has 1 atom stereocenters. The first-order chi connectivity index (χ1) is 15.1. The lowest BCUT2D eigenvalue weighted by Gasteiger charge is -2.29. The van der Waals surface area contributed by atoms with E-state index in [0.29, 0.717) is 11.1 Å². The van der Waals surface area contributed by atoms with Gasteiger partial charge in [-0.15, -0.1) is 0 Å². The van der Waals surface area contributed by atoms with Crippen LogP contribution in [-0.4, -0.2) is 18.5 Å². The summed E-state index contributed by atoms with van der Waals surface area (Å²) in [6, 6.07) is 23.9. The third kappa shape index (κ3) is 4.21. The first-order valence-corrected chi connectivity index (χ1v) is 10.1. The Morgan fingerprint density at radius 2 is 1.55 bits per heavy atom. The average Bonchev–Trinajstić information content (AvgIpc) is 2.80. The number of ether oxygens (including phenoxy) is 3. The van der Waals surface area contributed by atoms with E-state index < -0.39 is 18.0 Å². The van der Waals surface area contributed by atoms with E-state index in [1.807, 2.05) is 61.5 Å². The van der Waals surface area contributed by atoms with Crippen molar-refractivity contribution in [2.24, 2.45) is 0 Å². The lowest BCUT2D eigenvalue weighted by Crippen LogP contribution is -2.23. The van der Waals surface area contributed by atoms with E-state index in [1.165, 1.54) is 0 Å². The van der Waals surface area contributed by atoms with Gasteiger partial charge in [0.05, 0.1) is 12.2 Å². The van der Waals surface area contributed by atoms with Gasteiger partial charge in [-0.05, 0) is 31.5 Å². The number of benzene rings is 3. The third-order valence-electron chi connectivity index (χ3n) is 4.97. The molecule has 3 aromatic carbocycles. The van der Waals surface area contributed by atoms with Crippen LogP contribution in [0.5, 0.6) is 0 Å². The molecule has 1 aliphatic rings. The van der Waals surface area contributed by atoms with Gasteiger partial charge in [-0.3, -0.25) is 0 Å². The second kappa shape index (κ2) is 8.88. The summed E-state index contributed by atoms with van der Waals surface area (Å²) in [5.74, 6) is -1.31. The molecule has 5 heteroatoms. The Labute approximate surface area is 180 Å². The highest BCUT2D eigenvalue weighted by molar-refractivity contribution is 6.00. The van der Waals surface area contributed by atoms with Gasteiger partial charge >= 0.3 is 11.9 Å². The Balaban J connectivity index is 1.81. The third-order valence-corrected chi connectivity index (χ3v) is 4.97. The van der Waals surface area contributed by atoms with E-state index in [1.54, 1.807) is 31.2 Å². The quantitative estimate of drug-likeness (QED) is 0.537. The number of hydrogen-bond donors (Lipinski definition) is 0. The second-order valence-electron chi connectivity index (χ2n) is 7.13. The molecule has 0 saturated heterocycles. The van der Waals surface area contributed by atoms with Gasteiger partial charge in [0.25, 0.3) is 0 Å². The molecular formula is C26H22O5. The normalized spacial score (nSPS) is 15.0. The first kappa shape index (κ1) is 20.4. The number of carbonyl (C=O) groups is 2. The second-order valence-corrected chi connectivity index (χ2v) is 7.13. The molecular weight excluding hydrogens is 392 g/mol. The van der Waals surface area contributed by atoms with Crippen molar-refractivity contribution < 1.29 is 23.8 Å². The fourth-order valence-corrected chi connectivity index (χ4v) is 3.44. The number of hydrogen-bond acceptors (Lipinski definition) is 5. The standard InChI is InChI=1S/C26H22O5/c1-3-29-26(28)24-23(31-25(27)19-9-5-4-6-10-19)21-12-8-7-11-20(21)22(30-24)18-15-13-17(2)14-16-18/h4-16,22H,3H2,1-2H3/t22-/m0/s1. The van der Waals surface area contributed by atoms with Crippen LogP contribution in [0, 0.1) is 6.92 Å². The number of esters is 2. The van der Waals surface area contributed by atoms with Gasteiger partial charge in [0.1, 0.15) is 0 Å². The summed E-state index contributed by atoms with van der Waals surface area (Å²) >= 11 is 0. The van der Waals surface area contributed by atoms with Crippen molar-refractivity contribution in [1.82, 2.24) is 0 Å². The summed E-state index contributed by atoms with van der Waals surface area (Å²) < 4.78 is 17.0. The molecule has 0 aliphatic carbocycles. The minimum Gasteiger partial charge on any atom is -0.471 e. The molecule has 5 nitrogen and oxygen atoms in total. The van der Waals surface area contributed by atoms with Crippen molar-refractivity contribution >= 4 is 17.7 Å². The van der Waals surface area contributed by atoms with Crippen LogP contribution in [-0.2, 0) is 19.0 Å². The van der Waals surface area contributed by atoms with Gasteiger partial charge in [0.15, 0.2) is 11.9 Å². The predicted molar refractivity (Wildman–Crippen MR) is 116 cm³/mol. The molecule has 0 radical (unpaired) electrons. The molecule has 0 unspecified atom stereocenters. The van der Waals surface area contributed by atoms with Crippen LogP contribution in [0.1, 0.15) is 45.6 Å². The summed E-state index contributed by atoms with van der Waals surface area (Å²) in [6.07, 6.45) is -0.532. The monoisotopic (exact) mass is 414 g/mol. The van der Waals surface area contributed by atoms with E-state index >= 15 is 0 Å². The summed E-state index contributed by atoms with van der Waals surface area (Å²) in [4.78, 5) is 25.5. The van der Waals surface area contributed by atoms with Crippen molar-refractivity contribution in [1.29, 1.82) is 0 Å². The van der Waals surface area contributed by atoms with Crippen LogP contribution < -0.4 is 0 Å². The molecule has 156 valence electrons. The predicted octanol–water partition coefficient (Wildman–Crippen LogP) is 5.20. The van der Waals surface area contributed by atoms with Crippen LogP contribution in [0.25, 0.3) is 5.76 Å². The summed E-state index contributed by atoms with van der Waals surface area (Å²) in [6.45, 7) is 3.88. The average molecular weight is 414 g/mol. The zero-order valence-electron chi connectivity index (χ0n) is 17.3. The topological polar surface area (TPSA) is 61.8 Å². The molecule has 0 aromatic heterocycles. The zero-order valence-corrected chi connectivity index (χ0v) is 17.3. The molecule has 4 rings (SSSR count). The van der Waals surface area contributed by atoms with Gasteiger partial charge in [0.2, 0.25) is 5.76 Å². The first-order valence-electron chi connectivity index (χ1n) is 10.1. The van der Waals surface area contributed by atoms with E-state index in [2.05, 4.69) is 0 Å². The number of aryl methyl sites for hydroxylation is 1. The summed E-state index contributed by atoms with van der Waals surface area (Å²) in [5.41, 5.74) is 3.79. The van der Waals surface area contributed by atoms with Crippen molar-refractivity contribution in [2.75, 3.05) is 6.61 Å².